The SMILES string of the molecule is CN(Cc1cccc(Br)c1)C(=O)CNC(=O)CN.Cl. The maximum Gasteiger partial charge on any atom is 0.242 e. The second-order valence-corrected chi connectivity index (χ2v) is 4.78. The van der Waals surface area contributed by atoms with Crippen LogP contribution in [0.2, 0.25) is 0 Å². The molecule has 5 nitrogen and oxygen atoms in total. The van der Waals surface area contributed by atoms with Crippen LogP contribution < -0.4 is 11.1 Å². The highest BCUT2D eigenvalue weighted by molar-refractivity contribution is 9.10. The van der Waals surface area contributed by atoms with Gasteiger partial charge in [-0.2, -0.15) is 0 Å². The first-order valence-electron chi connectivity index (χ1n) is 5.48. The molecule has 3 N–H and O–H groups in total. The van der Waals surface area contributed by atoms with Gasteiger partial charge in [-0.1, -0.05) is 28.1 Å². The fourth-order valence-corrected chi connectivity index (χ4v) is 1.83. The zero-order chi connectivity index (χ0) is 13.5. The molecule has 1 aromatic carbocycles. The number of halogens is 2. The number of nitrogens with one attached hydrogen (secondary N) is 1. The number of amides is 2. The van der Waals surface area contributed by atoms with E-state index in [0.29, 0.717) is 6.54 Å². The van der Waals surface area contributed by atoms with E-state index in [9.17, 15) is 9.59 Å². The minimum atomic E-state index is -0.334. The Morgan fingerprint density at radius 1 is 1.42 bits per heavy atom. The predicted molar refractivity (Wildman–Crippen MR) is 79.9 cm³/mol. The average Bonchev–Trinajstić information content (AvgIpc) is 2.35. The highest BCUT2D eigenvalue weighted by Crippen LogP contribution is 2.12. The summed E-state index contributed by atoms with van der Waals surface area (Å²) in [7, 11) is 1.69. The van der Waals surface area contributed by atoms with Crippen molar-refractivity contribution in [2.75, 3.05) is 20.1 Å². The molecule has 2 amide bonds. The molecule has 1 aromatic rings. The van der Waals surface area contributed by atoms with Crippen LogP contribution in [-0.4, -0.2) is 36.9 Å². The molecule has 0 spiro atoms. The van der Waals surface area contributed by atoms with Gasteiger partial charge >= 0.3 is 0 Å². The van der Waals surface area contributed by atoms with Crippen LogP contribution in [0.25, 0.3) is 0 Å². The van der Waals surface area contributed by atoms with Crippen LogP contribution in [0.5, 0.6) is 0 Å². The number of nitrogens with zero attached hydrogens (tertiary/aromatic N) is 1. The van der Waals surface area contributed by atoms with Crippen molar-refractivity contribution >= 4 is 40.2 Å². The smallest absolute Gasteiger partial charge is 0.242 e. The Bertz CT molecular complexity index is 443. The lowest BCUT2D eigenvalue weighted by molar-refractivity contribution is -0.131. The van der Waals surface area contributed by atoms with Gasteiger partial charge in [0.25, 0.3) is 0 Å². The number of carbonyl (C=O) groups is 2. The van der Waals surface area contributed by atoms with Crippen LogP contribution in [-0.2, 0) is 16.1 Å². The molecule has 0 aliphatic carbocycles. The van der Waals surface area contributed by atoms with Gasteiger partial charge in [0.1, 0.15) is 0 Å². The number of nitrogens with two attached hydrogens (primary N) is 1. The van der Waals surface area contributed by atoms with Crippen molar-refractivity contribution < 1.29 is 9.59 Å². The van der Waals surface area contributed by atoms with Gasteiger partial charge in [0.15, 0.2) is 0 Å². The van der Waals surface area contributed by atoms with E-state index >= 15 is 0 Å². The Balaban J connectivity index is 0.00000324. The molecule has 0 aliphatic heterocycles. The van der Waals surface area contributed by atoms with Crippen LogP contribution in [0.3, 0.4) is 0 Å². The van der Waals surface area contributed by atoms with Crippen LogP contribution >= 0.6 is 28.3 Å². The average molecular weight is 351 g/mol. The van der Waals surface area contributed by atoms with Gasteiger partial charge in [0, 0.05) is 18.1 Å². The third kappa shape index (κ3) is 6.56. The van der Waals surface area contributed by atoms with Crippen LogP contribution in [0.1, 0.15) is 5.56 Å². The normalized spacial score (nSPS) is 9.42. The van der Waals surface area contributed by atoms with Crippen molar-refractivity contribution in [2.45, 2.75) is 6.54 Å². The molecule has 0 radical (unpaired) electrons. The molecule has 0 saturated heterocycles. The zero-order valence-corrected chi connectivity index (χ0v) is 13.0. The van der Waals surface area contributed by atoms with Crippen LogP contribution in [0.15, 0.2) is 28.7 Å². The second-order valence-electron chi connectivity index (χ2n) is 3.86. The third-order valence-electron chi connectivity index (χ3n) is 2.36. The fourth-order valence-electron chi connectivity index (χ4n) is 1.38. The first kappa shape index (κ1) is 17.9. The summed E-state index contributed by atoms with van der Waals surface area (Å²) >= 11 is 3.37. The summed E-state index contributed by atoms with van der Waals surface area (Å²) in [6.07, 6.45) is 0. The minimum Gasteiger partial charge on any atom is -0.346 e. The highest BCUT2D eigenvalue weighted by Gasteiger charge is 2.10. The predicted octanol–water partition coefficient (Wildman–Crippen LogP) is 0.904. The maximum atomic E-state index is 11.7. The van der Waals surface area contributed by atoms with E-state index in [4.69, 9.17) is 5.73 Å². The molecule has 0 aromatic heterocycles. The van der Waals surface area contributed by atoms with E-state index in [1.807, 2.05) is 24.3 Å². The van der Waals surface area contributed by atoms with Crippen molar-refractivity contribution in [1.29, 1.82) is 0 Å². The lowest BCUT2D eigenvalue weighted by Crippen LogP contribution is -2.40. The van der Waals surface area contributed by atoms with E-state index < -0.39 is 0 Å². The molecule has 0 fully saturated rings. The van der Waals surface area contributed by atoms with E-state index in [2.05, 4.69) is 21.2 Å². The van der Waals surface area contributed by atoms with Crippen molar-refractivity contribution in [3.63, 3.8) is 0 Å². The molecule has 0 unspecified atom stereocenters. The first-order chi connectivity index (χ1) is 8.52. The Morgan fingerprint density at radius 3 is 2.68 bits per heavy atom. The Hall–Kier alpha value is -1.11. The van der Waals surface area contributed by atoms with Gasteiger partial charge in [-0.3, -0.25) is 9.59 Å². The standard InChI is InChI=1S/C12H16BrN3O2.ClH/c1-16(12(18)7-15-11(17)6-14)8-9-3-2-4-10(13)5-9;/h2-5H,6-8,14H2,1H3,(H,15,17);1H. The molecule has 1 rings (SSSR count). The van der Waals surface area contributed by atoms with Crippen molar-refractivity contribution in [1.82, 2.24) is 10.2 Å². The molecule has 0 atom stereocenters. The molecule has 0 aliphatic rings. The largest absolute Gasteiger partial charge is 0.346 e. The topological polar surface area (TPSA) is 75.4 Å². The molecule has 0 saturated carbocycles. The number of benzene rings is 1. The molecule has 106 valence electrons. The van der Waals surface area contributed by atoms with Crippen molar-refractivity contribution in [3.8, 4) is 0 Å². The summed E-state index contributed by atoms with van der Waals surface area (Å²) in [6, 6.07) is 7.72. The molecular formula is C12H17BrClN3O2. The third-order valence-corrected chi connectivity index (χ3v) is 2.85. The first-order valence-corrected chi connectivity index (χ1v) is 6.27. The zero-order valence-electron chi connectivity index (χ0n) is 10.6. The molecule has 0 heterocycles. The maximum absolute atomic E-state index is 11.7. The number of carbonyl (C=O) groups excluding carboxylic acids is 2. The van der Waals surface area contributed by atoms with Gasteiger partial charge in [-0.05, 0) is 17.7 Å². The van der Waals surface area contributed by atoms with Crippen LogP contribution in [0, 0.1) is 0 Å². The second kappa shape index (κ2) is 8.90. The van der Waals surface area contributed by atoms with Crippen LogP contribution in [0.4, 0.5) is 0 Å². The number of hydrogen-bond acceptors (Lipinski definition) is 3. The van der Waals surface area contributed by atoms with Crippen molar-refractivity contribution in [2.24, 2.45) is 5.73 Å². The molecule has 0 bridgehead atoms. The fraction of sp³-hybridized carbons (Fsp3) is 0.333. The lowest BCUT2D eigenvalue weighted by atomic mass is 10.2. The highest BCUT2D eigenvalue weighted by atomic mass is 79.9. The lowest BCUT2D eigenvalue weighted by Gasteiger charge is -2.17. The summed E-state index contributed by atoms with van der Waals surface area (Å²) in [5, 5.41) is 2.45. The van der Waals surface area contributed by atoms with Gasteiger partial charge in [0.05, 0.1) is 13.1 Å². The Kier molecular flexibility index (Phi) is 8.38. The van der Waals surface area contributed by atoms with Gasteiger partial charge in [-0.15, -0.1) is 12.4 Å². The van der Waals surface area contributed by atoms with Gasteiger partial charge < -0.3 is 16.0 Å². The molecule has 19 heavy (non-hydrogen) atoms. The van der Waals surface area contributed by atoms with Gasteiger partial charge in [-0.25, -0.2) is 0 Å². The monoisotopic (exact) mass is 349 g/mol. The van der Waals surface area contributed by atoms with Gasteiger partial charge in [0.2, 0.25) is 11.8 Å². The van der Waals surface area contributed by atoms with E-state index in [-0.39, 0.29) is 37.3 Å². The molecular weight excluding hydrogens is 334 g/mol. The van der Waals surface area contributed by atoms with E-state index in [1.165, 1.54) is 0 Å². The summed E-state index contributed by atoms with van der Waals surface area (Å²) < 4.78 is 0.970. The summed E-state index contributed by atoms with van der Waals surface area (Å²) in [4.78, 5) is 24.2. The number of likely N-dealkylation sites (N-methyl/N-ethyl adjacent to an activating group) is 1. The Morgan fingerprint density at radius 2 is 2.11 bits per heavy atom. The molecule has 7 heteroatoms. The summed E-state index contributed by atoms with van der Waals surface area (Å²) in [5.41, 5.74) is 6.15. The quantitative estimate of drug-likeness (QED) is 0.828. The summed E-state index contributed by atoms with van der Waals surface area (Å²) in [6.45, 7) is 0.361. The Labute approximate surface area is 127 Å². The number of hydrogen-bond donors (Lipinski definition) is 2. The minimum absolute atomic E-state index is 0. The number of rotatable bonds is 5. The summed E-state index contributed by atoms with van der Waals surface area (Å²) in [5.74, 6) is -0.490. The van der Waals surface area contributed by atoms with E-state index in [0.717, 1.165) is 10.0 Å². The van der Waals surface area contributed by atoms with Crippen molar-refractivity contribution in [3.05, 3.63) is 34.3 Å². The van der Waals surface area contributed by atoms with E-state index in [1.54, 1.807) is 11.9 Å².